The molecule has 1 aliphatic rings. The van der Waals surface area contributed by atoms with E-state index < -0.39 is 0 Å². The van der Waals surface area contributed by atoms with Crippen molar-refractivity contribution in [1.82, 2.24) is 9.89 Å². The van der Waals surface area contributed by atoms with Gasteiger partial charge in [0.1, 0.15) is 0 Å². The summed E-state index contributed by atoms with van der Waals surface area (Å²) in [6.45, 7) is 2.18. The van der Waals surface area contributed by atoms with E-state index in [1.807, 2.05) is 0 Å². The standard InChI is InChI=1S/C10H17N3/c1-2-5-10-8-6-3-4-7-9(8)12-13(10)11/h2-7,11H2,1H3. The van der Waals surface area contributed by atoms with Gasteiger partial charge < -0.3 is 5.84 Å². The molecular formula is C10H17N3. The van der Waals surface area contributed by atoms with Gasteiger partial charge in [-0.25, -0.2) is 0 Å². The maximum absolute atomic E-state index is 5.81. The summed E-state index contributed by atoms with van der Waals surface area (Å²) in [5, 5.41) is 4.36. The van der Waals surface area contributed by atoms with E-state index in [9.17, 15) is 0 Å². The maximum atomic E-state index is 5.81. The molecule has 1 aromatic heterocycles. The summed E-state index contributed by atoms with van der Waals surface area (Å²) in [5.41, 5.74) is 3.95. The first-order chi connectivity index (χ1) is 6.33. The summed E-state index contributed by atoms with van der Waals surface area (Å²) in [7, 11) is 0. The van der Waals surface area contributed by atoms with Gasteiger partial charge in [-0.15, -0.1) is 0 Å². The molecule has 3 heteroatoms. The van der Waals surface area contributed by atoms with Crippen LogP contribution in [0.15, 0.2) is 0 Å². The molecule has 0 radical (unpaired) electrons. The molecule has 0 spiro atoms. The Kier molecular flexibility index (Phi) is 2.25. The summed E-state index contributed by atoms with van der Waals surface area (Å²) < 4.78 is 0. The largest absolute Gasteiger partial charge is 0.323 e. The zero-order valence-corrected chi connectivity index (χ0v) is 8.21. The molecule has 0 saturated heterocycles. The van der Waals surface area contributed by atoms with Crippen molar-refractivity contribution < 1.29 is 0 Å². The Labute approximate surface area is 78.9 Å². The molecule has 13 heavy (non-hydrogen) atoms. The van der Waals surface area contributed by atoms with Gasteiger partial charge in [0.25, 0.3) is 0 Å². The third-order valence-electron chi connectivity index (χ3n) is 2.78. The van der Waals surface area contributed by atoms with Crippen molar-refractivity contribution in [3.05, 3.63) is 17.0 Å². The van der Waals surface area contributed by atoms with Gasteiger partial charge in [0.05, 0.1) is 11.4 Å². The highest BCUT2D eigenvalue weighted by Gasteiger charge is 2.18. The monoisotopic (exact) mass is 179 g/mol. The first-order valence-corrected chi connectivity index (χ1v) is 5.17. The second-order valence-electron chi connectivity index (χ2n) is 3.77. The topological polar surface area (TPSA) is 43.8 Å². The van der Waals surface area contributed by atoms with Crippen LogP contribution in [0, 0.1) is 0 Å². The fourth-order valence-corrected chi connectivity index (χ4v) is 2.14. The second kappa shape index (κ2) is 3.40. The number of nitrogens with zero attached hydrogens (tertiary/aromatic N) is 2. The molecule has 0 bridgehead atoms. The van der Waals surface area contributed by atoms with Crippen molar-refractivity contribution in [2.45, 2.75) is 45.4 Å². The summed E-state index contributed by atoms with van der Waals surface area (Å²) in [5.74, 6) is 5.81. The van der Waals surface area contributed by atoms with E-state index in [2.05, 4.69) is 12.0 Å². The van der Waals surface area contributed by atoms with Gasteiger partial charge in [-0.3, -0.25) is 0 Å². The number of aryl methyl sites for hydroxylation is 1. The highest BCUT2D eigenvalue weighted by Crippen LogP contribution is 2.23. The quantitative estimate of drug-likeness (QED) is 0.698. The smallest absolute Gasteiger partial charge is 0.0680 e. The molecule has 72 valence electrons. The van der Waals surface area contributed by atoms with Crippen LogP contribution in [0.1, 0.15) is 43.1 Å². The van der Waals surface area contributed by atoms with Gasteiger partial charge >= 0.3 is 0 Å². The molecule has 0 atom stereocenters. The summed E-state index contributed by atoms with van der Waals surface area (Å²) in [6.07, 6.45) is 7.09. The number of nitrogen functional groups attached to an aromatic ring is 1. The van der Waals surface area contributed by atoms with E-state index in [1.54, 1.807) is 4.79 Å². The SMILES string of the molecule is CCCc1c2c(nn1N)CCCC2. The summed E-state index contributed by atoms with van der Waals surface area (Å²) in [4.78, 5) is 1.60. The minimum absolute atomic E-state index is 1.07. The van der Waals surface area contributed by atoms with Gasteiger partial charge in [0, 0.05) is 0 Å². The highest BCUT2D eigenvalue weighted by molar-refractivity contribution is 5.28. The molecule has 2 rings (SSSR count). The van der Waals surface area contributed by atoms with Crippen LogP contribution in [0.2, 0.25) is 0 Å². The van der Waals surface area contributed by atoms with Crippen molar-refractivity contribution in [2.24, 2.45) is 0 Å². The normalized spacial score (nSPS) is 15.8. The Hall–Kier alpha value is -0.990. The van der Waals surface area contributed by atoms with E-state index >= 15 is 0 Å². The van der Waals surface area contributed by atoms with E-state index in [4.69, 9.17) is 5.84 Å². The third-order valence-corrected chi connectivity index (χ3v) is 2.78. The van der Waals surface area contributed by atoms with Crippen molar-refractivity contribution in [3.63, 3.8) is 0 Å². The zero-order valence-electron chi connectivity index (χ0n) is 8.21. The fraction of sp³-hybridized carbons (Fsp3) is 0.700. The zero-order chi connectivity index (χ0) is 9.26. The maximum Gasteiger partial charge on any atom is 0.0680 e. The van der Waals surface area contributed by atoms with E-state index in [-0.39, 0.29) is 0 Å². The van der Waals surface area contributed by atoms with Crippen molar-refractivity contribution in [2.75, 3.05) is 5.84 Å². The molecule has 0 aromatic carbocycles. The Balaban J connectivity index is 2.36. The molecule has 3 nitrogen and oxygen atoms in total. The molecule has 0 saturated carbocycles. The van der Waals surface area contributed by atoms with Gasteiger partial charge in [0.15, 0.2) is 0 Å². The van der Waals surface area contributed by atoms with Crippen LogP contribution in [0.5, 0.6) is 0 Å². The van der Waals surface area contributed by atoms with Gasteiger partial charge in [-0.05, 0) is 37.7 Å². The Morgan fingerprint density at radius 3 is 2.92 bits per heavy atom. The minimum atomic E-state index is 1.07. The number of fused-ring (bicyclic) bond motifs is 1. The predicted molar refractivity (Wildman–Crippen MR) is 53.0 cm³/mol. The molecular weight excluding hydrogens is 162 g/mol. The number of nitrogens with two attached hydrogens (primary N) is 1. The Morgan fingerprint density at radius 2 is 2.15 bits per heavy atom. The van der Waals surface area contributed by atoms with Crippen LogP contribution in [0.3, 0.4) is 0 Å². The molecule has 0 aliphatic heterocycles. The first-order valence-electron chi connectivity index (χ1n) is 5.17. The van der Waals surface area contributed by atoms with Crippen LogP contribution in [0.4, 0.5) is 0 Å². The average molecular weight is 179 g/mol. The van der Waals surface area contributed by atoms with E-state index in [0.717, 1.165) is 19.3 Å². The van der Waals surface area contributed by atoms with Crippen LogP contribution < -0.4 is 5.84 Å². The summed E-state index contributed by atoms with van der Waals surface area (Å²) in [6, 6.07) is 0. The van der Waals surface area contributed by atoms with Gasteiger partial charge in [-0.2, -0.15) is 9.89 Å². The number of aromatic nitrogens is 2. The lowest BCUT2D eigenvalue weighted by Crippen LogP contribution is -2.14. The number of hydrogen-bond acceptors (Lipinski definition) is 2. The highest BCUT2D eigenvalue weighted by atomic mass is 15.5. The van der Waals surface area contributed by atoms with E-state index in [1.165, 1.54) is 36.2 Å². The predicted octanol–water partition coefficient (Wildman–Crippen LogP) is 1.43. The lowest BCUT2D eigenvalue weighted by Gasteiger charge is -2.10. The molecule has 1 heterocycles. The first kappa shape index (κ1) is 8.60. The second-order valence-corrected chi connectivity index (χ2v) is 3.77. The van der Waals surface area contributed by atoms with Crippen LogP contribution in [-0.4, -0.2) is 9.89 Å². The van der Waals surface area contributed by atoms with Gasteiger partial charge in [-0.1, -0.05) is 13.3 Å². The molecule has 0 fully saturated rings. The van der Waals surface area contributed by atoms with Crippen molar-refractivity contribution in [3.8, 4) is 0 Å². The Morgan fingerprint density at radius 1 is 1.38 bits per heavy atom. The lowest BCUT2D eigenvalue weighted by molar-refractivity contribution is 0.669. The van der Waals surface area contributed by atoms with Crippen molar-refractivity contribution in [1.29, 1.82) is 0 Å². The molecule has 2 N–H and O–H groups in total. The van der Waals surface area contributed by atoms with Crippen LogP contribution in [-0.2, 0) is 19.3 Å². The average Bonchev–Trinajstić information content (AvgIpc) is 2.44. The fourth-order valence-electron chi connectivity index (χ4n) is 2.14. The lowest BCUT2D eigenvalue weighted by atomic mass is 9.95. The summed E-state index contributed by atoms with van der Waals surface area (Å²) >= 11 is 0. The van der Waals surface area contributed by atoms with Crippen molar-refractivity contribution >= 4 is 0 Å². The van der Waals surface area contributed by atoms with Gasteiger partial charge in [0.2, 0.25) is 0 Å². The Bertz CT molecular complexity index is 301. The minimum Gasteiger partial charge on any atom is -0.323 e. The van der Waals surface area contributed by atoms with Crippen LogP contribution >= 0.6 is 0 Å². The molecule has 0 unspecified atom stereocenters. The third kappa shape index (κ3) is 1.43. The molecule has 0 amide bonds. The number of rotatable bonds is 2. The molecule has 1 aromatic rings. The molecule has 1 aliphatic carbocycles. The van der Waals surface area contributed by atoms with E-state index in [0.29, 0.717) is 0 Å². The van der Waals surface area contributed by atoms with Crippen LogP contribution in [0.25, 0.3) is 0 Å². The number of hydrogen-bond donors (Lipinski definition) is 1.